The molecule has 3 aromatic carbocycles. The van der Waals surface area contributed by atoms with E-state index >= 15 is 0 Å². The molecule has 180 valence electrons. The Morgan fingerprint density at radius 1 is 0.857 bits per heavy atom. The van der Waals surface area contributed by atoms with E-state index in [0.717, 1.165) is 5.56 Å². The average Bonchev–Trinajstić information content (AvgIpc) is 3.19. The molecule has 1 aliphatic carbocycles. The molecular weight excluding hydrogens is 438 g/mol. The predicted octanol–water partition coefficient (Wildman–Crippen LogP) is 6.24. The molecule has 0 unspecified atom stereocenters. The minimum Gasteiger partial charge on any atom is -0.458 e. The van der Waals surface area contributed by atoms with Gasteiger partial charge < -0.3 is 14.8 Å². The Balaban J connectivity index is 1.34. The highest BCUT2D eigenvalue weighted by Crippen LogP contribution is 2.44. The molecule has 0 radical (unpaired) electrons. The predicted molar refractivity (Wildman–Crippen MR) is 137 cm³/mol. The smallest absolute Gasteiger partial charge is 0.407 e. The van der Waals surface area contributed by atoms with Crippen LogP contribution in [0.2, 0.25) is 0 Å². The van der Waals surface area contributed by atoms with Gasteiger partial charge in [0.25, 0.3) is 0 Å². The van der Waals surface area contributed by atoms with E-state index in [9.17, 15) is 9.59 Å². The third kappa shape index (κ3) is 6.38. The van der Waals surface area contributed by atoms with Crippen molar-refractivity contribution in [2.75, 3.05) is 6.61 Å². The van der Waals surface area contributed by atoms with Crippen LogP contribution < -0.4 is 5.32 Å². The fraction of sp³-hybridized carbons (Fsp3) is 0.267. The molecule has 4 rings (SSSR count). The van der Waals surface area contributed by atoms with E-state index < -0.39 is 12.1 Å². The normalized spacial score (nSPS) is 13.3. The number of amides is 1. The fourth-order valence-electron chi connectivity index (χ4n) is 4.46. The summed E-state index contributed by atoms with van der Waals surface area (Å²) in [5, 5.41) is 2.89. The van der Waals surface area contributed by atoms with Gasteiger partial charge in [0.05, 0.1) is 6.04 Å². The molecule has 0 heterocycles. The van der Waals surface area contributed by atoms with Gasteiger partial charge >= 0.3 is 12.1 Å². The number of ether oxygens (including phenoxy) is 2. The minimum atomic E-state index is -0.500. The Labute approximate surface area is 206 Å². The zero-order chi connectivity index (χ0) is 24.6. The molecule has 1 N–H and O–H groups in total. The first-order chi connectivity index (χ1) is 17.0. The van der Waals surface area contributed by atoms with Crippen molar-refractivity contribution in [1.82, 2.24) is 5.32 Å². The molecule has 1 atom stereocenters. The van der Waals surface area contributed by atoms with Gasteiger partial charge in [-0.2, -0.15) is 0 Å². The number of carbonyl (C=O) groups excluding carboxylic acids is 2. The van der Waals surface area contributed by atoms with Gasteiger partial charge in [-0.15, -0.1) is 0 Å². The molecule has 35 heavy (non-hydrogen) atoms. The van der Waals surface area contributed by atoms with E-state index in [1.54, 1.807) is 6.08 Å². The van der Waals surface area contributed by atoms with Crippen molar-refractivity contribution in [3.05, 3.63) is 108 Å². The molecule has 0 spiro atoms. The monoisotopic (exact) mass is 469 g/mol. The Hall–Kier alpha value is -3.86. The number of hydrogen-bond acceptors (Lipinski definition) is 4. The Kier molecular flexibility index (Phi) is 7.99. The molecular formula is C30H31NO4. The summed E-state index contributed by atoms with van der Waals surface area (Å²) < 4.78 is 11.0. The van der Waals surface area contributed by atoms with E-state index in [2.05, 4.69) is 43.4 Å². The molecule has 5 heteroatoms. The molecule has 0 saturated heterocycles. The molecule has 0 fully saturated rings. The van der Waals surface area contributed by atoms with Crippen molar-refractivity contribution in [2.45, 2.75) is 38.8 Å². The quantitative estimate of drug-likeness (QED) is 0.298. The summed E-state index contributed by atoms with van der Waals surface area (Å²) in [6, 6.07) is 25.6. The van der Waals surface area contributed by atoms with Crippen LogP contribution in [0.3, 0.4) is 0 Å². The molecule has 0 saturated carbocycles. The van der Waals surface area contributed by atoms with Crippen molar-refractivity contribution in [2.24, 2.45) is 5.92 Å². The number of benzene rings is 3. The van der Waals surface area contributed by atoms with Crippen LogP contribution in [0.1, 0.15) is 42.9 Å². The minimum absolute atomic E-state index is 0.000190. The van der Waals surface area contributed by atoms with Gasteiger partial charge in [0.1, 0.15) is 13.2 Å². The number of hydrogen-bond donors (Lipinski definition) is 1. The lowest BCUT2D eigenvalue weighted by Crippen LogP contribution is -2.35. The standard InChI is InChI=1S/C30H31NO4/c1-21(2)18-23(16-17-29(32)34-19-22-10-4-3-5-11-22)31-30(33)35-20-28-26-14-8-6-12-24(26)25-13-7-9-15-27(25)28/h3-17,21,23,28H,18-20H2,1-2H3,(H,31,33)/b17-16+/t23-/m0/s1. The van der Waals surface area contributed by atoms with Crippen LogP contribution in [0, 0.1) is 5.92 Å². The van der Waals surface area contributed by atoms with Gasteiger partial charge in [0.15, 0.2) is 0 Å². The van der Waals surface area contributed by atoms with Gasteiger partial charge in [-0.1, -0.05) is 98.8 Å². The lowest BCUT2D eigenvalue weighted by molar-refractivity contribution is -0.139. The topological polar surface area (TPSA) is 64.6 Å². The van der Waals surface area contributed by atoms with Crippen molar-refractivity contribution in [3.8, 4) is 11.1 Å². The van der Waals surface area contributed by atoms with Crippen LogP contribution in [-0.2, 0) is 20.9 Å². The summed E-state index contributed by atoms with van der Waals surface area (Å²) in [5.41, 5.74) is 5.63. The van der Waals surface area contributed by atoms with Gasteiger partial charge in [0, 0.05) is 12.0 Å². The molecule has 0 aromatic heterocycles. The maximum atomic E-state index is 12.7. The Bertz CT molecular complexity index is 1140. The lowest BCUT2D eigenvalue weighted by Gasteiger charge is -2.19. The second-order valence-corrected chi connectivity index (χ2v) is 9.16. The summed E-state index contributed by atoms with van der Waals surface area (Å²) >= 11 is 0. The van der Waals surface area contributed by atoms with Crippen LogP contribution in [-0.4, -0.2) is 24.7 Å². The number of carbonyl (C=O) groups is 2. The summed E-state index contributed by atoms with van der Waals surface area (Å²) in [4.78, 5) is 24.9. The van der Waals surface area contributed by atoms with Crippen molar-refractivity contribution in [3.63, 3.8) is 0 Å². The van der Waals surface area contributed by atoms with Gasteiger partial charge in [0.2, 0.25) is 0 Å². The molecule has 0 bridgehead atoms. The Morgan fingerprint density at radius 3 is 2.09 bits per heavy atom. The second kappa shape index (κ2) is 11.5. The summed E-state index contributed by atoms with van der Waals surface area (Å²) in [6.07, 6.45) is 3.22. The maximum Gasteiger partial charge on any atom is 0.407 e. The lowest BCUT2D eigenvalue weighted by atomic mass is 9.98. The van der Waals surface area contributed by atoms with Gasteiger partial charge in [-0.3, -0.25) is 0 Å². The summed E-state index contributed by atoms with van der Waals surface area (Å²) in [6.45, 7) is 4.58. The highest BCUT2D eigenvalue weighted by molar-refractivity contribution is 5.82. The first-order valence-electron chi connectivity index (χ1n) is 12.0. The number of rotatable bonds is 9. The van der Waals surface area contributed by atoms with E-state index in [-0.39, 0.29) is 25.2 Å². The molecule has 5 nitrogen and oxygen atoms in total. The summed E-state index contributed by atoms with van der Waals surface area (Å²) in [7, 11) is 0. The van der Waals surface area contributed by atoms with Crippen LogP contribution in [0.15, 0.2) is 91.0 Å². The summed E-state index contributed by atoms with van der Waals surface area (Å²) in [5.74, 6) is -0.129. The van der Waals surface area contributed by atoms with Gasteiger partial charge in [-0.05, 0) is 40.2 Å². The maximum absolute atomic E-state index is 12.7. The Morgan fingerprint density at radius 2 is 1.46 bits per heavy atom. The van der Waals surface area contributed by atoms with Crippen LogP contribution in [0.4, 0.5) is 4.79 Å². The van der Waals surface area contributed by atoms with Crippen LogP contribution >= 0.6 is 0 Å². The SMILES string of the molecule is CC(C)C[C@H](/C=C/C(=O)OCc1ccccc1)NC(=O)OCC1c2ccccc2-c2ccccc21. The van der Waals surface area contributed by atoms with Crippen molar-refractivity contribution in [1.29, 1.82) is 0 Å². The largest absolute Gasteiger partial charge is 0.458 e. The van der Waals surface area contributed by atoms with Gasteiger partial charge in [-0.25, -0.2) is 9.59 Å². The zero-order valence-electron chi connectivity index (χ0n) is 20.1. The number of esters is 1. The van der Waals surface area contributed by atoms with Crippen LogP contribution in [0.25, 0.3) is 11.1 Å². The highest BCUT2D eigenvalue weighted by atomic mass is 16.5. The zero-order valence-corrected chi connectivity index (χ0v) is 20.1. The van der Waals surface area contributed by atoms with Crippen LogP contribution in [0.5, 0.6) is 0 Å². The van der Waals surface area contributed by atoms with E-state index in [4.69, 9.17) is 9.47 Å². The number of nitrogens with one attached hydrogen (secondary N) is 1. The van der Waals surface area contributed by atoms with Crippen molar-refractivity contribution >= 4 is 12.1 Å². The molecule has 0 aliphatic heterocycles. The molecule has 3 aromatic rings. The first kappa shape index (κ1) is 24.3. The highest BCUT2D eigenvalue weighted by Gasteiger charge is 2.29. The first-order valence-corrected chi connectivity index (χ1v) is 12.0. The number of fused-ring (bicyclic) bond motifs is 3. The van der Waals surface area contributed by atoms with Crippen molar-refractivity contribution < 1.29 is 19.1 Å². The fourth-order valence-corrected chi connectivity index (χ4v) is 4.46. The number of alkyl carbamates (subject to hydrolysis) is 1. The third-order valence-corrected chi connectivity index (χ3v) is 6.06. The molecule has 1 aliphatic rings. The second-order valence-electron chi connectivity index (χ2n) is 9.16. The third-order valence-electron chi connectivity index (χ3n) is 6.06. The average molecular weight is 470 g/mol. The van der Waals surface area contributed by atoms with E-state index in [0.29, 0.717) is 12.3 Å². The van der Waals surface area contributed by atoms with E-state index in [1.807, 2.05) is 54.6 Å². The van der Waals surface area contributed by atoms with E-state index in [1.165, 1.54) is 28.3 Å². The molecule has 1 amide bonds.